The van der Waals surface area contributed by atoms with Crippen molar-refractivity contribution in [3.63, 3.8) is 0 Å². The van der Waals surface area contributed by atoms with Crippen LogP contribution >= 0.6 is 23.2 Å². The lowest BCUT2D eigenvalue weighted by molar-refractivity contribution is 0.0697. The highest BCUT2D eigenvalue weighted by Gasteiger charge is 2.21. The Bertz CT molecular complexity index is 1240. The quantitative estimate of drug-likeness (QED) is 0.505. The minimum atomic E-state index is -0.971. The number of rotatable bonds is 7. The maximum Gasteiger partial charge on any atom is 0.335 e. The van der Waals surface area contributed by atoms with E-state index in [1.54, 1.807) is 35.9 Å². The zero-order valence-electron chi connectivity index (χ0n) is 18.2. The fourth-order valence-electron chi connectivity index (χ4n) is 4.21. The SMILES string of the molecule is COc1ccc2c(c1)CCCN2Cc1c(Cl)cc(Cl)c(=O)n1CCc1ccc(C(=O)O)cc1. The van der Waals surface area contributed by atoms with Crippen LogP contribution in [-0.4, -0.2) is 29.3 Å². The van der Waals surface area contributed by atoms with Crippen molar-refractivity contribution in [1.29, 1.82) is 0 Å². The van der Waals surface area contributed by atoms with Crippen LogP contribution in [0.15, 0.2) is 53.3 Å². The summed E-state index contributed by atoms with van der Waals surface area (Å²) in [5, 5.41) is 9.61. The zero-order chi connectivity index (χ0) is 23.5. The molecule has 172 valence electrons. The van der Waals surface area contributed by atoms with Gasteiger partial charge in [0.25, 0.3) is 5.56 Å². The average Bonchev–Trinajstić information content (AvgIpc) is 2.82. The number of aryl methyl sites for hydroxylation is 2. The summed E-state index contributed by atoms with van der Waals surface area (Å²) in [6.45, 7) is 1.70. The second-order valence-corrected chi connectivity index (χ2v) is 8.83. The first-order valence-electron chi connectivity index (χ1n) is 10.7. The molecule has 0 atom stereocenters. The minimum absolute atomic E-state index is 0.0776. The van der Waals surface area contributed by atoms with E-state index in [9.17, 15) is 9.59 Å². The van der Waals surface area contributed by atoms with Gasteiger partial charge in [-0.05, 0) is 66.8 Å². The highest BCUT2D eigenvalue weighted by molar-refractivity contribution is 6.34. The van der Waals surface area contributed by atoms with Crippen LogP contribution < -0.4 is 15.2 Å². The topological polar surface area (TPSA) is 71.8 Å². The molecule has 0 saturated heterocycles. The zero-order valence-corrected chi connectivity index (χ0v) is 19.7. The minimum Gasteiger partial charge on any atom is -0.497 e. The third kappa shape index (κ3) is 5.02. The number of nitrogens with zero attached hydrogens (tertiary/aromatic N) is 2. The van der Waals surface area contributed by atoms with E-state index >= 15 is 0 Å². The number of anilines is 1. The van der Waals surface area contributed by atoms with Gasteiger partial charge in [0, 0.05) is 18.8 Å². The number of hydrogen-bond acceptors (Lipinski definition) is 4. The van der Waals surface area contributed by atoms with Gasteiger partial charge >= 0.3 is 5.97 Å². The molecule has 2 heterocycles. The first kappa shape index (κ1) is 23.2. The molecule has 0 aliphatic carbocycles. The van der Waals surface area contributed by atoms with E-state index in [0.29, 0.717) is 30.2 Å². The molecule has 3 aromatic rings. The van der Waals surface area contributed by atoms with E-state index in [0.717, 1.165) is 36.4 Å². The molecule has 2 aromatic carbocycles. The molecule has 1 aliphatic heterocycles. The largest absolute Gasteiger partial charge is 0.497 e. The van der Waals surface area contributed by atoms with Crippen LogP contribution in [0.4, 0.5) is 5.69 Å². The Morgan fingerprint density at radius 2 is 1.85 bits per heavy atom. The van der Waals surface area contributed by atoms with Crippen molar-refractivity contribution in [2.45, 2.75) is 32.4 Å². The predicted molar refractivity (Wildman–Crippen MR) is 130 cm³/mol. The van der Waals surface area contributed by atoms with Crippen LogP contribution in [0.5, 0.6) is 5.75 Å². The normalized spacial score (nSPS) is 13.0. The van der Waals surface area contributed by atoms with Crippen molar-refractivity contribution in [3.8, 4) is 5.75 Å². The summed E-state index contributed by atoms with van der Waals surface area (Å²) in [7, 11) is 1.66. The maximum atomic E-state index is 12.9. The Kier molecular flexibility index (Phi) is 6.96. The monoisotopic (exact) mass is 486 g/mol. The molecular formula is C25H24Cl2N2O4. The van der Waals surface area contributed by atoms with Gasteiger partial charge in [0.1, 0.15) is 10.8 Å². The van der Waals surface area contributed by atoms with E-state index in [1.807, 2.05) is 12.1 Å². The third-order valence-corrected chi connectivity index (χ3v) is 6.57. The number of benzene rings is 2. The highest BCUT2D eigenvalue weighted by Crippen LogP contribution is 2.32. The second kappa shape index (κ2) is 9.89. The number of carboxylic acid groups (broad SMARTS) is 1. The number of hydrogen-bond donors (Lipinski definition) is 1. The van der Waals surface area contributed by atoms with Gasteiger partial charge in [-0.2, -0.15) is 0 Å². The van der Waals surface area contributed by atoms with Crippen LogP contribution in [0.2, 0.25) is 10.0 Å². The molecule has 1 N–H and O–H groups in total. The Labute approximate surface area is 201 Å². The Morgan fingerprint density at radius 1 is 1.09 bits per heavy atom. The highest BCUT2D eigenvalue weighted by atomic mass is 35.5. The summed E-state index contributed by atoms with van der Waals surface area (Å²) in [4.78, 5) is 26.2. The second-order valence-electron chi connectivity index (χ2n) is 8.02. The number of carbonyl (C=O) groups is 1. The van der Waals surface area contributed by atoms with Crippen molar-refractivity contribution in [2.75, 3.05) is 18.6 Å². The summed E-state index contributed by atoms with van der Waals surface area (Å²) < 4.78 is 7.00. The molecule has 1 aliphatic rings. The van der Waals surface area contributed by atoms with Gasteiger partial charge in [0.15, 0.2) is 0 Å². The van der Waals surface area contributed by atoms with Gasteiger partial charge in [-0.25, -0.2) is 4.79 Å². The smallest absolute Gasteiger partial charge is 0.335 e. The molecule has 0 bridgehead atoms. The number of carboxylic acids is 1. The molecule has 33 heavy (non-hydrogen) atoms. The van der Waals surface area contributed by atoms with Gasteiger partial charge in [0.05, 0.1) is 29.9 Å². The van der Waals surface area contributed by atoms with E-state index in [-0.39, 0.29) is 16.1 Å². The Morgan fingerprint density at radius 3 is 2.55 bits per heavy atom. The Balaban J connectivity index is 1.62. The lowest BCUT2D eigenvalue weighted by atomic mass is 10.0. The molecule has 0 unspecified atom stereocenters. The molecule has 0 fully saturated rings. The van der Waals surface area contributed by atoms with Crippen LogP contribution in [0.3, 0.4) is 0 Å². The first-order chi connectivity index (χ1) is 15.9. The number of pyridine rings is 1. The van der Waals surface area contributed by atoms with Crippen LogP contribution in [-0.2, 0) is 25.9 Å². The lowest BCUT2D eigenvalue weighted by Crippen LogP contribution is -2.33. The third-order valence-electron chi connectivity index (χ3n) is 5.97. The van der Waals surface area contributed by atoms with Crippen molar-refractivity contribution < 1.29 is 14.6 Å². The number of fused-ring (bicyclic) bond motifs is 1. The van der Waals surface area contributed by atoms with E-state index < -0.39 is 5.97 Å². The first-order valence-corrected chi connectivity index (χ1v) is 11.4. The molecule has 0 saturated carbocycles. The van der Waals surface area contributed by atoms with Gasteiger partial charge in [-0.15, -0.1) is 0 Å². The van der Waals surface area contributed by atoms with Gasteiger partial charge < -0.3 is 19.3 Å². The maximum absolute atomic E-state index is 12.9. The van der Waals surface area contributed by atoms with Crippen molar-refractivity contribution in [3.05, 3.63) is 91.3 Å². The molecular weight excluding hydrogens is 463 g/mol. The molecule has 4 rings (SSSR count). The fourth-order valence-corrected chi connectivity index (χ4v) is 4.75. The number of ether oxygens (including phenoxy) is 1. The van der Waals surface area contributed by atoms with E-state index in [4.69, 9.17) is 33.0 Å². The van der Waals surface area contributed by atoms with Gasteiger partial charge in [-0.1, -0.05) is 35.3 Å². The molecule has 8 heteroatoms. The summed E-state index contributed by atoms with van der Waals surface area (Å²) in [5.41, 5.74) is 3.88. The number of halogens is 2. The molecule has 1 aromatic heterocycles. The van der Waals surface area contributed by atoms with Gasteiger partial charge in [0.2, 0.25) is 0 Å². The molecule has 0 spiro atoms. The average molecular weight is 487 g/mol. The summed E-state index contributed by atoms with van der Waals surface area (Å²) in [6.07, 6.45) is 2.50. The predicted octanol–water partition coefficient (Wildman–Crippen LogP) is 5.06. The Hall–Kier alpha value is -2.96. The van der Waals surface area contributed by atoms with Crippen LogP contribution in [0.1, 0.15) is 33.6 Å². The molecule has 6 nitrogen and oxygen atoms in total. The summed E-state index contributed by atoms with van der Waals surface area (Å²) >= 11 is 12.8. The summed E-state index contributed by atoms with van der Waals surface area (Å²) in [5.74, 6) is -0.146. The van der Waals surface area contributed by atoms with Crippen molar-refractivity contribution in [2.24, 2.45) is 0 Å². The lowest BCUT2D eigenvalue weighted by Gasteiger charge is -2.32. The molecule has 0 amide bonds. The number of aromatic nitrogens is 1. The van der Waals surface area contributed by atoms with Crippen LogP contribution in [0.25, 0.3) is 0 Å². The van der Waals surface area contributed by atoms with Crippen LogP contribution in [0, 0.1) is 0 Å². The summed E-state index contributed by atoms with van der Waals surface area (Å²) in [6, 6.07) is 14.2. The van der Waals surface area contributed by atoms with Crippen molar-refractivity contribution in [1.82, 2.24) is 4.57 Å². The standard InChI is InChI=1S/C25H24Cl2N2O4/c1-33-19-8-9-22-18(13-19)3-2-11-28(22)15-23-20(26)14-21(27)24(30)29(23)12-10-16-4-6-17(7-5-16)25(31)32/h4-9,13-14H,2-3,10-12,15H2,1H3,(H,31,32). The van der Waals surface area contributed by atoms with Crippen molar-refractivity contribution >= 4 is 34.9 Å². The number of aromatic carboxylic acids is 1. The van der Waals surface area contributed by atoms with E-state index in [2.05, 4.69) is 11.0 Å². The number of methoxy groups -OCH3 is 1. The fraction of sp³-hybridized carbons (Fsp3) is 0.280. The van der Waals surface area contributed by atoms with E-state index in [1.165, 1.54) is 11.6 Å². The van der Waals surface area contributed by atoms with Gasteiger partial charge in [-0.3, -0.25) is 4.79 Å². The molecule has 0 radical (unpaired) electrons.